The van der Waals surface area contributed by atoms with E-state index >= 15 is 0 Å². The van der Waals surface area contributed by atoms with Crippen molar-refractivity contribution in [2.75, 3.05) is 18.0 Å². The summed E-state index contributed by atoms with van der Waals surface area (Å²) in [7, 11) is -2.64. The van der Waals surface area contributed by atoms with Gasteiger partial charge in [-0.05, 0) is 63.4 Å². The number of nitrogens with one attached hydrogen (secondary N) is 1. The van der Waals surface area contributed by atoms with E-state index in [1.54, 1.807) is 43.3 Å². The number of aryl methyl sites for hydroxylation is 2. The van der Waals surface area contributed by atoms with Crippen LogP contribution in [0.15, 0.2) is 77.7 Å². The van der Waals surface area contributed by atoms with Gasteiger partial charge in [-0.1, -0.05) is 72.9 Å². The summed E-state index contributed by atoms with van der Waals surface area (Å²) in [6.07, 6.45) is 5.14. The molecule has 1 N–H and O–H groups in total. The van der Waals surface area contributed by atoms with Gasteiger partial charge in [-0.3, -0.25) is 13.9 Å². The van der Waals surface area contributed by atoms with Crippen molar-refractivity contribution in [3.05, 3.63) is 89.5 Å². The van der Waals surface area contributed by atoms with Crippen molar-refractivity contribution in [1.29, 1.82) is 0 Å². The summed E-state index contributed by atoms with van der Waals surface area (Å²) in [4.78, 5) is 29.1. The lowest BCUT2D eigenvalue weighted by Gasteiger charge is -2.33. The second kappa shape index (κ2) is 13.9. The van der Waals surface area contributed by atoms with E-state index in [4.69, 9.17) is 4.74 Å². The average molecular weight is 592 g/mol. The van der Waals surface area contributed by atoms with Crippen molar-refractivity contribution >= 4 is 27.5 Å². The fraction of sp³-hybridized carbons (Fsp3) is 0.394. The maximum absolute atomic E-state index is 14.1. The van der Waals surface area contributed by atoms with Gasteiger partial charge in [0.2, 0.25) is 11.8 Å². The standard InChI is InChI=1S/C33H41N3O5S/c1-24-13-17-27(18-14-24)22-35(26(3)33(38)34-28-9-6-5-7-10-28)32(37)23-36(29-11-8-12-30(21-29)41-4)42(39,40)31-19-15-25(2)16-20-31/h8,11-21,26,28H,5-7,9-10,22-23H2,1-4H3,(H,34,38)/t26-/m1/s1. The van der Waals surface area contributed by atoms with Gasteiger partial charge < -0.3 is 15.0 Å². The molecule has 0 unspecified atom stereocenters. The van der Waals surface area contributed by atoms with Crippen LogP contribution in [0.1, 0.15) is 55.7 Å². The van der Waals surface area contributed by atoms with E-state index in [2.05, 4.69) is 5.32 Å². The second-order valence-corrected chi connectivity index (χ2v) is 12.9. The summed E-state index contributed by atoms with van der Waals surface area (Å²) >= 11 is 0. The van der Waals surface area contributed by atoms with Gasteiger partial charge in [-0.2, -0.15) is 0 Å². The molecule has 0 aromatic heterocycles. The Balaban J connectivity index is 1.68. The molecule has 0 radical (unpaired) electrons. The van der Waals surface area contributed by atoms with Crippen molar-refractivity contribution in [1.82, 2.24) is 10.2 Å². The van der Waals surface area contributed by atoms with E-state index in [9.17, 15) is 18.0 Å². The Labute approximate surface area is 249 Å². The number of methoxy groups -OCH3 is 1. The number of sulfonamides is 1. The van der Waals surface area contributed by atoms with E-state index in [1.165, 1.54) is 24.1 Å². The first-order valence-electron chi connectivity index (χ1n) is 14.5. The van der Waals surface area contributed by atoms with E-state index in [0.717, 1.165) is 53.1 Å². The Hall–Kier alpha value is -3.85. The van der Waals surface area contributed by atoms with Crippen LogP contribution in [-0.2, 0) is 26.2 Å². The van der Waals surface area contributed by atoms with Gasteiger partial charge in [0, 0.05) is 18.7 Å². The molecule has 1 saturated carbocycles. The van der Waals surface area contributed by atoms with Crippen LogP contribution in [0.2, 0.25) is 0 Å². The largest absolute Gasteiger partial charge is 0.497 e. The van der Waals surface area contributed by atoms with Gasteiger partial charge in [-0.25, -0.2) is 8.42 Å². The highest BCUT2D eigenvalue weighted by Crippen LogP contribution is 2.28. The fourth-order valence-electron chi connectivity index (χ4n) is 5.17. The topological polar surface area (TPSA) is 96.0 Å². The predicted octanol–water partition coefficient (Wildman–Crippen LogP) is 5.37. The monoisotopic (exact) mass is 591 g/mol. The summed E-state index contributed by atoms with van der Waals surface area (Å²) in [6.45, 7) is 5.23. The van der Waals surface area contributed by atoms with Crippen molar-refractivity contribution < 1.29 is 22.7 Å². The molecule has 1 fully saturated rings. The Morgan fingerprint density at radius 2 is 1.55 bits per heavy atom. The Morgan fingerprint density at radius 1 is 0.929 bits per heavy atom. The third-order valence-corrected chi connectivity index (χ3v) is 9.61. The molecule has 1 atom stereocenters. The van der Waals surface area contributed by atoms with Crippen LogP contribution in [0, 0.1) is 13.8 Å². The number of ether oxygens (including phenoxy) is 1. The molecule has 42 heavy (non-hydrogen) atoms. The Kier molecular flexibility index (Phi) is 10.3. The number of nitrogens with zero attached hydrogens (tertiary/aromatic N) is 2. The van der Waals surface area contributed by atoms with E-state index in [-0.39, 0.29) is 29.1 Å². The molecule has 0 saturated heterocycles. The Bertz CT molecular complexity index is 1470. The number of anilines is 1. The molecule has 8 nitrogen and oxygen atoms in total. The molecule has 1 aliphatic carbocycles. The minimum Gasteiger partial charge on any atom is -0.497 e. The van der Waals surface area contributed by atoms with E-state index in [1.807, 2.05) is 38.1 Å². The zero-order chi connectivity index (χ0) is 30.3. The molecular weight excluding hydrogens is 550 g/mol. The van der Waals surface area contributed by atoms with Gasteiger partial charge in [0.1, 0.15) is 18.3 Å². The zero-order valence-corrected chi connectivity index (χ0v) is 25.7. The van der Waals surface area contributed by atoms with Crippen LogP contribution < -0.4 is 14.4 Å². The summed E-state index contributed by atoms with van der Waals surface area (Å²) in [5.74, 6) is -0.266. The smallest absolute Gasteiger partial charge is 0.264 e. The molecule has 0 heterocycles. The van der Waals surface area contributed by atoms with Crippen LogP contribution in [0.5, 0.6) is 5.75 Å². The summed E-state index contributed by atoms with van der Waals surface area (Å²) < 4.78 is 34.4. The van der Waals surface area contributed by atoms with Crippen molar-refractivity contribution in [3.63, 3.8) is 0 Å². The molecule has 0 spiro atoms. The van der Waals surface area contributed by atoms with Crippen LogP contribution in [0.3, 0.4) is 0 Å². The maximum atomic E-state index is 14.1. The third-order valence-electron chi connectivity index (χ3n) is 7.82. The highest BCUT2D eigenvalue weighted by atomic mass is 32.2. The number of amides is 2. The fourth-order valence-corrected chi connectivity index (χ4v) is 6.58. The molecule has 3 aromatic rings. The van der Waals surface area contributed by atoms with Crippen LogP contribution in [0.25, 0.3) is 0 Å². The lowest BCUT2D eigenvalue weighted by Crippen LogP contribution is -2.53. The lowest BCUT2D eigenvalue weighted by molar-refractivity contribution is -0.139. The minimum atomic E-state index is -4.14. The number of carbonyl (C=O) groups is 2. The zero-order valence-electron chi connectivity index (χ0n) is 24.9. The van der Waals surface area contributed by atoms with E-state index < -0.39 is 28.5 Å². The molecule has 3 aromatic carbocycles. The molecule has 224 valence electrons. The molecule has 9 heteroatoms. The molecule has 1 aliphatic rings. The molecule has 4 rings (SSSR count). The van der Waals surface area contributed by atoms with Gasteiger partial charge in [0.05, 0.1) is 17.7 Å². The summed E-state index contributed by atoms with van der Waals surface area (Å²) in [5.41, 5.74) is 3.13. The quantitative estimate of drug-likeness (QED) is 0.323. The van der Waals surface area contributed by atoms with E-state index in [0.29, 0.717) is 5.75 Å². The van der Waals surface area contributed by atoms with Crippen molar-refractivity contribution in [2.45, 2.75) is 76.4 Å². The number of benzene rings is 3. The third kappa shape index (κ3) is 7.70. The maximum Gasteiger partial charge on any atom is 0.264 e. The van der Waals surface area contributed by atoms with Crippen molar-refractivity contribution in [2.24, 2.45) is 0 Å². The van der Waals surface area contributed by atoms with Crippen LogP contribution >= 0.6 is 0 Å². The second-order valence-electron chi connectivity index (χ2n) is 11.1. The van der Waals surface area contributed by atoms with Gasteiger partial charge in [0.25, 0.3) is 10.0 Å². The van der Waals surface area contributed by atoms with Crippen molar-refractivity contribution in [3.8, 4) is 5.75 Å². The number of rotatable bonds is 11. The molecule has 0 bridgehead atoms. The first kappa shape index (κ1) is 31.1. The number of carbonyl (C=O) groups excluding carboxylic acids is 2. The van der Waals surface area contributed by atoms with Gasteiger partial charge in [0.15, 0.2) is 0 Å². The number of hydrogen-bond donors (Lipinski definition) is 1. The Morgan fingerprint density at radius 3 is 2.17 bits per heavy atom. The highest BCUT2D eigenvalue weighted by molar-refractivity contribution is 7.92. The average Bonchev–Trinajstić information content (AvgIpc) is 2.99. The summed E-state index contributed by atoms with van der Waals surface area (Å²) in [5, 5.41) is 3.13. The lowest BCUT2D eigenvalue weighted by atomic mass is 9.95. The highest BCUT2D eigenvalue weighted by Gasteiger charge is 2.33. The van der Waals surface area contributed by atoms with Crippen LogP contribution in [0.4, 0.5) is 5.69 Å². The SMILES string of the molecule is COc1cccc(N(CC(=O)N(Cc2ccc(C)cc2)[C@H](C)C(=O)NC2CCCCC2)S(=O)(=O)c2ccc(C)cc2)c1. The first-order valence-corrected chi connectivity index (χ1v) is 15.9. The molecule has 2 amide bonds. The molecular formula is C33H41N3O5S. The number of hydrogen-bond acceptors (Lipinski definition) is 5. The molecule has 0 aliphatic heterocycles. The van der Waals surface area contributed by atoms with Gasteiger partial charge in [-0.15, -0.1) is 0 Å². The van der Waals surface area contributed by atoms with Crippen LogP contribution in [-0.4, -0.2) is 50.9 Å². The predicted molar refractivity (Wildman–Crippen MR) is 165 cm³/mol. The minimum absolute atomic E-state index is 0.0666. The summed E-state index contributed by atoms with van der Waals surface area (Å²) in [6, 6.07) is 20.1. The normalized spacial score (nSPS) is 14.6. The first-order chi connectivity index (χ1) is 20.1. The van der Waals surface area contributed by atoms with Gasteiger partial charge >= 0.3 is 0 Å².